The molecular formula is C10H18. The van der Waals surface area contributed by atoms with Gasteiger partial charge in [-0.2, -0.15) is 0 Å². The first kappa shape index (κ1) is 9.48. The summed E-state index contributed by atoms with van der Waals surface area (Å²) in [5.74, 6) is 0. The van der Waals surface area contributed by atoms with E-state index in [4.69, 9.17) is 0 Å². The summed E-state index contributed by atoms with van der Waals surface area (Å²) in [6, 6.07) is 0. The fourth-order valence-corrected chi connectivity index (χ4v) is 1.02. The number of rotatable bonds is 4. The Labute approximate surface area is 64.6 Å². The van der Waals surface area contributed by atoms with Crippen LogP contribution >= 0.6 is 0 Å². The third-order valence-electron chi connectivity index (χ3n) is 1.48. The molecule has 0 aromatic rings. The van der Waals surface area contributed by atoms with Crippen LogP contribution in [-0.2, 0) is 0 Å². The summed E-state index contributed by atoms with van der Waals surface area (Å²) in [5, 5.41) is 0. The molecule has 0 aromatic carbocycles. The van der Waals surface area contributed by atoms with Gasteiger partial charge in [0.15, 0.2) is 0 Å². The summed E-state index contributed by atoms with van der Waals surface area (Å²) in [7, 11) is 0. The normalized spacial score (nSPS) is 11.7. The Morgan fingerprint density at radius 1 is 1.40 bits per heavy atom. The molecule has 0 aromatic heterocycles. The van der Waals surface area contributed by atoms with Gasteiger partial charge < -0.3 is 0 Å². The molecule has 0 amide bonds. The van der Waals surface area contributed by atoms with Crippen LogP contribution in [0.5, 0.6) is 0 Å². The zero-order valence-electron chi connectivity index (χ0n) is 7.41. The summed E-state index contributed by atoms with van der Waals surface area (Å²) in [6.45, 7) is 10.3. The van der Waals surface area contributed by atoms with Gasteiger partial charge in [-0.25, -0.2) is 0 Å². The molecule has 0 nitrogen and oxygen atoms in total. The van der Waals surface area contributed by atoms with Crippen LogP contribution in [0.25, 0.3) is 0 Å². The van der Waals surface area contributed by atoms with Crippen molar-refractivity contribution >= 4 is 0 Å². The molecule has 0 spiro atoms. The van der Waals surface area contributed by atoms with Gasteiger partial charge in [-0.1, -0.05) is 44.1 Å². The Kier molecular flexibility index (Phi) is 5.00. The summed E-state index contributed by atoms with van der Waals surface area (Å²) in [6.07, 6.45) is 5.83. The summed E-state index contributed by atoms with van der Waals surface area (Å²) >= 11 is 0. The van der Waals surface area contributed by atoms with Crippen LogP contribution in [-0.4, -0.2) is 0 Å². The van der Waals surface area contributed by atoms with E-state index >= 15 is 0 Å². The second kappa shape index (κ2) is 5.28. The lowest BCUT2D eigenvalue weighted by molar-refractivity contribution is 0.857. The molecule has 0 saturated carbocycles. The highest BCUT2D eigenvalue weighted by atomic mass is 14.0. The second-order valence-corrected chi connectivity index (χ2v) is 2.75. The third kappa shape index (κ3) is 4.37. The van der Waals surface area contributed by atoms with Crippen molar-refractivity contribution in [2.75, 3.05) is 0 Å². The Balaban J connectivity index is 3.91. The molecule has 0 atom stereocenters. The molecular weight excluding hydrogens is 120 g/mol. The van der Waals surface area contributed by atoms with Gasteiger partial charge in [-0.3, -0.25) is 0 Å². The molecule has 0 aliphatic rings. The van der Waals surface area contributed by atoms with Crippen LogP contribution in [0.1, 0.15) is 40.0 Å². The predicted octanol–water partition coefficient (Wildman–Crippen LogP) is 3.70. The SMILES string of the molecule is C=C(C)C=C(CC)CCC. The summed E-state index contributed by atoms with van der Waals surface area (Å²) in [4.78, 5) is 0. The van der Waals surface area contributed by atoms with Gasteiger partial charge in [0.2, 0.25) is 0 Å². The molecule has 0 bridgehead atoms. The quantitative estimate of drug-likeness (QED) is 0.520. The second-order valence-electron chi connectivity index (χ2n) is 2.75. The smallest absolute Gasteiger partial charge is 0.0320 e. The molecule has 0 rings (SSSR count). The van der Waals surface area contributed by atoms with E-state index in [1.54, 1.807) is 0 Å². The highest BCUT2D eigenvalue weighted by Crippen LogP contribution is 2.10. The van der Waals surface area contributed by atoms with E-state index < -0.39 is 0 Å². The molecule has 0 radical (unpaired) electrons. The van der Waals surface area contributed by atoms with E-state index in [-0.39, 0.29) is 0 Å². The Morgan fingerprint density at radius 3 is 2.30 bits per heavy atom. The number of hydrogen-bond acceptors (Lipinski definition) is 0. The van der Waals surface area contributed by atoms with Crippen LogP contribution in [0, 0.1) is 0 Å². The average molecular weight is 138 g/mol. The molecule has 0 aliphatic heterocycles. The minimum absolute atomic E-state index is 1.17. The van der Waals surface area contributed by atoms with E-state index in [2.05, 4.69) is 26.5 Å². The standard InChI is InChI=1S/C10H18/c1-5-7-10(6-2)8-9(3)4/h8H,3,5-7H2,1-2,4H3. The van der Waals surface area contributed by atoms with Gasteiger partial charge >= 0.3 is 0 Å². The first-order chi connectivity index (χ1) is 4.70. The van der Waals surface area contributed by atoms with Crippen molar-refractivity contribution < 1.29 is 0 Å². The van der Waals surface area contributed by atoms with Crippen molar-refractivity contribution in [3.8, 4) is 0 Å². The molecule has 0 fully saturated rings. The topological polar surface area (TPSA) is 0 Å². The van der Waals surface area contributed by atoms with E-state index in [1.165, 1.54) is 30.4 Å². The van der Waals surface area contributed by atoms with E-state index in [9.17, 15) is 0 Å². The minimum atomic E-state index is 1.17. The highest BCUT2D eigenvalue weighted by Gasteiger charge is 1.90. The monoisotopic (exact) mass is 138 g/mol. The zero-order valence-corrected chi connectivity index (χ0v) is 7.41. The average Bonchev–Trinajstić information content (AvgIpc) is 1.86. The van der Waals surface area contributed by atoms with Crippen molar-refractivity contribution in [3.63, 3.8) is 0 Å². The van der Waals surface area contributed by atoms with Crippen molar-refractivity contribution in [3.05, 3.63) is 23.8 Å². The fourth-order valence-electron chi connectivity index (χ4n) is 1.02. The molecule has 0 unspecified atom stereocenters. The van der Waals surface area contributed by atoms with Crippen molar-refractivity contribution in [2.45, 2.75) is 40.0 Å². The van der Waals surface area contributed by atoms with Crippen LogP contribution < -0.4 is 0 Å². The van der Waals surface area contributed by atoms with Crippen LogP contribution in [0.3, 0.4) is 0 Å². The maximum atomic E-state index is 3.85. The van der Waals surface area contributed by atoms with Crippen molar-refractivity contribution in [2.24, 2.45) is 0 Å². The van der Waals surface area contributed by atoms with Gasteiger partial charge in [0.05, 0.1) is 0 Å². The van der Waals surface area contributed by atoms with E-state index in [0.29, 0.717) is 0 Å². The lowest BCUT2D eigenvalue weighted by Gasteiger charge is -2.00. The molecule has 10 heavy (non-hydrogen) atoms. The number of allylic oxidation sites excluding steroid dienone is 3. The molecule has 0 saturated heterocycles. The largest absolute Gasteiger partial charge is 0.0961 e. The van der Waals surface area contributed by atoms with Gasteiger partial charge in [-0.15, -0.1) is 0 Å². The summed E-state index contributed by atoms with van der Waals surface area (Å²) < 4.78 is 0. The van der Waals surface area contributed by atoms with Crippen LogP contribution in [0.4, 0.5) is 0 Å². The third-order valence-corrected chi connectivity index (χ3v) is 1.48. The molecule has 0 heteroatoms. The Morgan fingerprint density at radius 2 is 2.00 bits per heavy atom. The number of hydrogen-bond donors (Lipinski definition) is 0. The predicted molar refractivity (Wildman–Crippen MR) is 48.1 cm³/mol. The highest BCUT2D eigenvalue weighted by molar-refractivity contribution is 5.18. The van der Waals surface area contributed by atoms with Crippen LogP contribution in [0.15, 0.2) is 23.8 Å². The molecule has 0 aliphatic carbocycles. The Hall–Kier alpha value is -0.520. The van der Waals surface area contributed by atoms with Crippen molar-refractivity contribution in [1.29, 1.82) is 0 Å². The molecule has 58 valence electrons. The van der Waals surface area contributed by atoms with Crippen LogP contribution in [0.2, 0.25) is 0 Å². The molecule has 0 heterocycles. The first-order valence-electron chi connectivity index (χ1n) is 4.05. The van der Waals surface area contributed by atoms with Gasteiger partial charge in [0.1, 0.15) is 0 Å². The maximum Gasteiger partial charge on any atom is -0.0320 e. The van der Waals surface area contributed by atoms with Gasteiger partial charge in [-0.05, 0) is 19.8 Å². The minimum Gasteiger partial charge on any atom is -0.0961 e. The van der Waals surface area contributed by atoms with E-state index in [0.717, 1.165) is 0 Å². The van der Waals surface area contributed by atoms with Gasteiger partial charge in [0.25, 0.3) is 0 Å². The lowest BCUT2D eigenvalue weighted by Crippen LogP contribution is -1.80. The Bertz CT molecular complexity index is 129. The van der Waals surface area contributed by atoms with Crippen molar-refractivity contribution in [1.82, 2.24) is 0 Å². The fraction of sp³-hybridized carbons (Fsp3) is 0.600. The first-order valence-corrected chi connectivity index (χ1v) is 4.05. The summed E-state index contributed by atoms with van der Waals surface area (Å²) in [5.41, 5.74) is 2.69. The maximum absolute atomic E-state index is 3.85. The zero-order chi connectivity index (χ0) is 7.98. The lowest BCUT2D eigenvalue weighted by atomic mass is 10.1. The molecule has 0 N–H and O–H groups in total. The van der Waals surface area contributed by atoms with Gasteiger partial charge in [0, 0.05) is 0 Å². The van der Waals surface area contributed by atoms with E-state index in [1.807, 2.05) is 6.92 Å².